The standard InChI is InChI=1S/C20H24N2O5/c23-13-15-12-22(11-14(15)10-21-5-7-26-8-6-21)20(25)19-9-17(24)16-3-1-2-4-18(16)27-19/h1-4,9,14-15,23H,5-8,10-13H2/t14-,15-/m1/s1. The highest BCUT2D eigenvalue weighted by molar-refractivity contribution is 5.93. The Morgan fingerprint density at radius 3 is 2.67 bits per heavy atom. The summed E-state index contributed by atoms with van der Waals surface area (Å²) in [5.41, 5.74) is 0.194. The Labute approximate surface area is 157 Å². The second kappa shape index (κ2) is 7.80. The minimum Gasteiger partial charge on any atom is -0.451 e. The predicted octanol–water partition coefficient (Wildman–Crippen LogP) is 0.806. The summed E-state index contributed by atoms with van der Waals surface area (Å²) in [4.78, 5) is 29.2. The third-order valence-corrected chi connectivity index (χ3v) is 5.54. The summed E-state index contributed by atoms with van der Waals surface area (Å²) in [7, 11) is 0. The number of aliphatic hydroxyl groups excluding tert-OH is 1. The fraction of sp³-hybridized carbons (Fsp3) is 0.500. The molecule has 27 heavy (non-hydrogen) atoms. The van der Waals surface area contributed by atoms with E-state index in [-0.39, 0.29) is 35.5 Å². The van der Waals surface area contributed by atoms with Crippen molar-refractivity contribution in [1.82, 2.24) is 9.80 Å². The Hall–Kier alpha value is -2.22. The maximum absolute atomic E-state index is 12.9. The number of rotatable bonds is 4. The maximum Gasteiger partial charge on any atom is 0.289 e. The van der Waals surface area contributed by atoms with Gasteiger partial charge in [-0.05, 0) is 18.1 Å². The number of carbonyl (C=O) groups excluding carboxylic acids is 1. The van der Waals surface area contributed by atoms with Gasteiger partial charge in [0.05, 0.1) is 18.6 Å². The highest BCUT2D eigenvalue weighted by atomic mass is 16.5. The average Bonchev–Trinajstić information content (AvgIpc) is 3.11. The lowest BCUT2D eigenvalue weighted by atomic mass is 9.96. The number of fused-ring (bicyclic) bond motifs is 1. The van der Waals surface area contributed by atoms with E-state index in [9.17, 15) is 14.7 Å². The van der Waals surface area contributed by atoms with E-state index in [2.05, 4.69) is 4.90 Å². The molecule has 1 amide bonds. The molecule has 144 valence electrons. The molecular weight excluding hydrogens is 348 g/mol. The van der Waals surface area contributed by atoms with E-state index in [0.29, 0.717) is 24.1 Å². The number of morpholine rings is 1. The van der Waals surface area contributed by atoms with Crippen LogP contribution in [0.2, 0.25) is 0 Å². The third-order valence-electron chi connectivity index (χ3n) is 5.54. The van der Waals surface area contributed by atoms with Gasteiger partial charge >= 0.3 is 0 Å². The van der Waals surface area contributed by atoms with Crippen LogP contribution in [0.3, 0.4) is 0 Å². The molecule has 2 fully saturated rings. The van der Waals surface area contributed by atoms with Gasteiger partial charge in [0.25, 0.3) is 5.91 Å². The molecule has 0 bridgehead atoms. The van der Waals surface area contributed by atoms with Gasteiger partial charge in [-0.25, -0.2) is 0 Å². The zero-order valence-electron chi connectivity index (χ0n) is 15.2. The molecule has 0 unspecified atom stereocenters. The summed E-state index contributed by atoms with van der Waals surface area (Å²) in [5, 5.41) is 10.2. The largest absolute Gasteiger partial charge is 0.451 e. The molecular formula is C20H24N2O5. The molecule has 1 N–H and O–H groups in total. The fourth-order valence-electron chi connectivity index (χ4n) is 4.00. The maximum atomic E-state index is 12.9. The number of carbonyl (C=O) groups is 1. The zero-order valence-corrected chi connectivity index (χ0v) is 15.2. The number of para-hydroxylation sites is 1. The van der Waals surface area contributed by atoms with Crippen LogP contribution >= 0.6 is 0 Å². The normalized spacial score (nSPS) is 23.8. The van der Waals surface area contributed by atoms with E-state index in [1.54, 1.807) is 29.2 Å². The smallest absolute Gasteiger partial charge is 0.289 e. The summed E-state index contributed by atoms with van der Waals surface area (Å²) in [6.07, 6.45) is 0. The molecule has 2 saturated heterocycles. The second-order valence-corrected chi connectivity index (χ2v) is 7.30. The Balaban J connectivity index is 1.51. The number of hydrogen-bond acceptors (Lipinski definition) is 6. The van der Waals surface area contributed by atoms with Crippen molar-refractivity contribution in [2.75, 3.05) is 52.5 Å². The summed E-state index contributed by atoms with van der Waals surface area (Å²) in [6, 6.07) is 8.19. The first-order valence-corrected chi connectivity index (χ1v) is 9.39. The average molecular weight is 372 g/mol. The molecule has 7 nitrogen and oxygen atoms in total. The summed E-state index contributed by atoms with van der Waals surface area (Å²) in [5.74, 6) is -0.00334. The van der Waals surface area contributed by atoms with Crippen LogP contribution in [0.1, 0.15) is 10.6 Å². The van der Waals surface area contributed by atoms with Crippen LogP contribution in [0.5, 0.6) is 0 Å². The van der Waals surface area contributed by atoms with Crippen molar-refractivity contribution in [2.24, 2.45) is 11.8 Å². The van der Waals surface area contributed by atoms with Gasteiger partial charge in [-0.1, -0.05) is 12.1 Å². The monoisotopic (exact) mass is 372 g/mol. The van der Waals surface area contributed by atoms with Crippen molar-refractivity contribution in [1.29, 1.82) is 0 Å². The van der Waals surface area contributed by atoms with Crippen LogP contribution in [0.15, 0.2) is 39.5 Å². The number of aliphatic hydroxyl groups is 1. The van der Waals surface area contributed by atoms with Crippen molar-refractivity contribution in [3.05, 3.63) is 46.3 Å². The number of nitrogens with zero attached hydrogens (tertiary/aromatic N) is 2. The number of amides is 1. The Kier molecular flexibility index (Phi) is 5.24. The molecule has 1 aromatic heterocycles. The molecule has 0 saturated carbocycles. The topological polar surface area (TPSA) is 83.2 Å². The molecule has 4 rings (SSSR count). The second-order valence-electron chi connectivity index (χ2n) is 7.30. The lowest BCUT2D eigenvalue weighted by Gasteiger charge is -2.30. The lowest BCUT2D eigenvalue weighted by Crippen LogP contribution is -2.41. The summed E-state index contributed by atoms with van der Waals surface area (Å²) >= 11 is 0. The number of ether oxygens (including phenoxy) is 1. The summed E-state index contributed by atoms with van der Waals surface area (Å²) in [6.45, 7) is 5.10. The van der Waals surface area contributed by atoms with Gasteiger partial charge in [0.15, 0.2) is 11.2 Å². The third kappa shape index (κ3) is 3.76. The van der Waals surface area contributed by atoms with Gasteiger partial charge in [0.2, 0.25) is 0 Å². The van der Waals surface area contributed by atoms with Crippen LogP contribution in [0.25, 0.3) is 11.0 Å². The number of hydrogen-bond donors (Lipinski definition) is 1. The van der Waals surface area contributed by atoms with Crippen molar-refractivity contribution in [3.63, 3.8) is 0 Å². The van der Waals surface area contributed by atoms with Gasteiger partial charge in [0.1, 0.15) is 5.58 Å². The molecule has 2 aliphatic heterocycles. The van der Waals surface area contributed by atoms with Gasteiger partial charge < -0.3 is 19.2 Å². The van der Waals surface area contributed by atoms with Crippen molar-refractivity contribution < 1.29 is 19.1 Å². The van der Waals surface area contributed by atoms with Gasteiger partial charge in [-0.3, -0.25) is 14.5 Å². The van der Waals surface area contributed by atoms with Crippen LogP contribution < -0.4 is 5.43 Å². The molecule has 0 aliphatic carbocycles. The van der Waals surface area contributed by atoms with Gasteiger partial charge in [0, 0.05) is 51.3 Å². The molecule has 2 aromatic rings. The van der Waals surface area contributed by atoms with Gasteiger partial charge in [-0.15, -0.1) is 0 Å². The van der Waals surface area contributed by atoms with E-state index in [1.165, 1.54) is 6.07 Å². The fourth-order valence-corrected chi connectivity index (χ4v) is 4.00. The predicted molar refractivity (Wildman–Crippen MR) is 99.7 cm³/mol. The van der Waals surface area contributed by atoms with E-state index < -0.39 is 0 Å². The molecule has 7 heteroatoms. The highest BCUT2D eigenvalue weighted by Crippen LogP contribution is 2.26. The van der Waals surface area contributed by atoms with E-state index in [0.717, 1.165) is 32.8 Å². The molecule has 0 spiro atoms. The lowest BCUT2D eigenvalue weighted by molar-refractivity contribution is 0.0264. The first-order chi connectivity index (χ1) is 13.2. The molecule has 3 heterocycles. The molecule has 1 aromatic carbocycles. The highest BCUT2D eigenvalue weighted by Gasteiger charge is 2.37. The Morgan fingerprint density at radius 1 is 1.15 bits per heavy atom. The number of benzene rings is 1. The van der Waals surface area contributed by atoms with Crippen LogP contribution in [0.4, 0.5) is 0 Å². The summed E-state index contributed by atoms with van der Waals surface area (Å²) < 4.78 is 11.1. The van der Waals surface area contributed by atoms with Gasteiger partial charge in [-0.2, -0.15) is 0 Å². The Bertz CT molecular complexity index is 874. The van der Waals surface area contributed by atoms with Crippen LogP contribution in [0, 0.1) is 11.8 Å². The van der Waals surface area contributed by atoms with Crippen LogP contribution in [-0.2, 0) is 4.74 Å². The quantitative estimate of drug-likeness (QED) is 0.855. The van der Waals surface area contributed by atoms with E-state index in [1.807, 2.05) is 0 Å². The number of likely N-dealkylation sites (tertiary alicyclic amines) is 1. The first kappa shape index (κ1) is 18.2. The Morgan fingerprint density at radius 2 is 1.89 bits per heavy atom. The minimum absolute atomic E-state index is 0.0315. The first-order valence-electron chi connectivity index (χ1n) is 9.39. The minimum atomic E-state index is -0.291. The molecule has 2 atom stereocenters. The van der Waals surface area contributed by atoms with Crippen molar-refractivity contribution >= 4 is 16.9 Å². The molecule has 2 aliphatic rings. The van der Waals surface area contributed by atoms with Crippen molar-refractivity contribution in [3.8, 4) is 0 Å². The SMILES string of the molecule is O=C(c1cc(=O)c2ccccc2o1)N1C[C@@H](CN2CCOCC2)[C@@H](CO)C1. The van der Waals surface area contributed by atoms with E-state index >= 15 is 0 Å². The van der Waals surface area contributed by atoms with Crippen molar-refractivity contribution in [2.45, 2.75) is 0 Å². The zero-order chi connectivity index (χ0) is 18.8. The van der Waals surface area contributed by atoms with Crippen LogP contribution in [-0.4, -0.2) is 73.4 Å². The van der Waals surface area contributed by atoms with E-state index in [4.69, 9.17) is 9.15 Å². The molecule has 0 radical (unpaired) electrons.